The number of rotatable bonds is 5. The van der Waals surface area contributed by atoms with Gasteiger partial charge in [0.25, 0.3) is 5.91 Å². The molecule has 6 heteroatoms. The van der Waals surface area contributed by atoms with E-state index in [0.29, 0.717) is 42.7 Å². The average molecular weight is 378 g/mol. The van der Waals surface area contributed by atoms with Crippen LogP contribution in [0.1, 0.15) is 45.1 Å². The molecule has 1 atom stereocenters. The molecule has 2 saturated heterocycles. The van der Waals surface area contributed by atoms with Gasteiger partial charge in [-0.25, -0.2) is 4.39 Å². The number of benzene rings is 1. The van der Waals surface area contributed by atoms with Crippen molar-refractivity contribution in [2.24, 2.45) is 5.41 Å². The molecule has 2 aliphatic heterocycles. The Kier molecular flexibility index (Phi) is 5.77. The van der Waals surface area contributed by atoms with Crippen LogP contribution >= 0.6 is 0 Å². The smallest absolute Gasteiger partial charge is 0.256 e. The first kappa shape index (κ1) is 20.1. The van der Waals surface area contributed by atoms with Gasteiger partial charge in [-0.15, -0.1) is 0 Å². The molecule has 1 aromatic carbocycles. The highest BCUT2D eigenvalue weighted by atomic mass is 19.1. The lowest BCUT2D eigenvalue weighted by Crippen LogP contribution is -2.59. The minimum Gasteiger partial charge on any atom is -0.497 e. The second kappa shape index (κ2) is 7.76. The lowest BCUT2D eigenvalue weighted by molar-refractivity contribution is -0.160. The zero-order valence-electron chi connectivity index (χ0n) is 16.6. The van der Waals surface area contributed by atoms with Gasteiger partial charge in [-0.3, -0.25) is 9.69 Å². The van der Waals surface area contributed by atoms with Crippen LogP contribution in [-0.4, -0.2) is 59.7 Å². The summed E-state index contributed by atoms with van der Waals surface area (Å²) in [5.74, 6) is -0.0983. The molecule has 0 aromatic heterocycles. The first-order valence-electron chi connectivity index (χ1n) is 9.79. The molecule has 2 fully saturated rings. The van der Waals surface area contributed by atoms with Crippen LogP contribution in [0.3, 0.4) is 0 Å². The summed E-state index contributed by atoms with van der Waals surface area (Å²) in [6, 6.07) is 4.53. The maximum absolute atomic E-state index is 14.2. The van der Waals surface area contributed by atoms with Crippen molar-refractivity contribution in [3.63, 3.8) is 0 Å². The topological polar surface area (TPSA) is 53.0 Å². The first-order chi connectivity index (χ1) is 12.7. The highest BCUT2D eigenvalue weighted by Gasteiger charge is 2.44. The Bertz CT molecular complexity index is 684. The summed E-state index contributed by atoms with van der Waals surface area (Å²) in [5, 5.41) is 11.1. The molecule has 0 spiro atoms. The largest absolute Gasteiger partial charge is 0.497 e. The molecular formula is C21H31FN2O3. The number of likely N-dealkylation sites (tertiary alicyclic amines) is 2. The van der Waals surface area contributed by atoms with Crippen molar-refractivity contribution >= 4 is 5.91 Å². The van der Waals surface area contributed by atoms with Gasteiger partial charge in [0.15, 0.2) is 5.60 Å². The normalized spacial score (nSPS) is 26.3. The van der Waals surface area contributed by atoms with Crippen LogP contribution in [0.2, 0.25) is 0 Å². The van der Waals surface area contributed by atoms with Crippen molar-refractivity contribution < 1.29 is 19.0 Å². The molecular weight excluding hydrogens is 347 g/mol. The number of β-amino-alcohol motifs (C(OH)–C–C–N with tert-alkyl or cyclic N) is 1. The van der Waals surface area contributed by atoms with Crippen LogP contribution in [0, 0.1) is 11.2 Å². The van der Waals surface area contributed by atoms with E-state index in [2.05, 4.69) is 18.7 Å². The highest BCUT2D eigenvalue weighted by molar-refractivity contribution is 5.86. The van der Waals surface area contributed by atoms with Gasteiger partial charge < -0.3 is 14.7 Å². The third kappa shape index (κ3) is 4.61. The fourth-order valence-corrected chi connectivity index (χ4v) is 4.05. The third-order valence-corrected chi connectivity index (χ3v) is 6.01. The van der Waals surface area contributed by atoms with E-state index >= 15 is 0 Å². The number of piperidine rings is 2. The summed E-state index contributed by atoms with van der Waals surface area (Å²) >= 11 is 0. The van der Waals surface area contributed by atoms with Gasteiger partial charge >= 0.3 is 0 Å². The number of carbonyl (C=O) groups is 1. The molecule has 0 radical (unpaired) electrons. The van der Waals surface area contributed by atoms with E-state index in [0.717, 1.165) is 25.9 Å². The molecule has 0 aliphatic carbocycles. The van der Waals surface area contributed by atoms with Gasteiger partial charge in [-0.2, -0.15) is 0 Å². The molecule has 1 amide bonds. The number of halogens is 1. The predicted octanol–water partition coefficient (Wildman–Crippen LogP) is 2.81. The lowest BCUT2D eigenvalue weighted by atomic mass is 9.81. The number of aliphatic hydroxyl groups is 1. The molecule has 3 rings (SSSR count). The number of carbonyl (C=O) groups excluding carboxylic acids is 1. The fourth-order valence-electron chi connectivity index (χ4n) is 4.05. The van der Waals surface area contributed by atoms with Crippen LogP contribution in [0.15, 0.2) is 18.2 Å². The second-order valence-electron chi connectivity index (χ2n) is 8.76. The number of nitrogens with zero attached hydrogens (tertiary/aromatic N) is 2. The summed E-state index contributed by atoms with van der Waals surface area (Å²) < 4.78 is 19.3. The van der Waals surface area contributed by atoms with Crippen molar-refractivity contribution in [3.05, 3.63) is 29.6 Å². The van der Waals surface area contributed by atoms with E-state index in [1.165, 1.54) is 13.2 Å². The van der Waals surface area contributed by atoms with Crippen LogP contribution in [0.25, 0.3) is 0 Å². The summed E-state index contributed by atoms with van der Waals surface area (Å²) in [6.07, 6.45) is 3.31. The molecule has 2 aliphatic rings. The number of methoxy groups -OCH3 is 1. The average Bonchev–Trinajstić information content (AvgIpc) is 2.63. The van der Waals surface area contributed by atoms with Crippen LogP contribution in [0.4, 0.5) is 4.39 Å². The fraction of sp³-hybridized carbons (Fsp3) is 0.667. The van der Waals surface area contributed by atoms with E-state index in [1.807, 2.05) is 0 Å². The molecule has 0 bridgehead atoms. The number of amides is 1. The van der Waals surface area contributed by atoms with Crippen molar-refractivity contribution in [1.29, 1.82) is 0 Å². The summed E-state index contributed by atoms with van der Waals surface area (Å²) in [5.41, 5.74) is -0.646. The van der Waals surface area contributed by atoms with Crippen LogP contribution in [-0.2, 0) is 11.3 Å². The Morgan fingerprint density at radius 2 is 1.89 bits per heavy atom. The molecule has 27 heavy (non-hydrogen) atoms. The second-order valence-corrected chi connectivity index (χ2v) is 8.76. The first-order valence-corrected chi connectivity index (χ1v) is 9.79. The van der Waals surface area contributed by atoms with Crippen molar-refractivity contribution in [2.45, 2.75) is 51.7 Å². The van der Waals surface area contributed by atoms with Crippen LogP contribution < -0.4 is 4.74 Å². The SMILES string of the molecule is COc1ccc(F)c(CN2CCCC(O)(CN3CCC(C)(C)CC3)C2=O)c1. The zero-order valence-corrected chi connectivity index (χ0v) is 16.6. The van der Waals surface area contributed by atoms with E-state index < -0.39 is 5.60 Å². The van der Waals surface area contributed by atoms with Gasteiger partial charge in [0.05, 0.1) is 7.11 Å². The quantitative estimate of drug-likeness (QED) is 0.856. The molecule has 1 aromatic rings. The minimum atomic E-state index is -1.38. The van der Waals surface area contributed by atoms with Crippen molar-refractivity contribution in [1.82, 2.24) is 9.80 Å². The highest BCUT2D eigenvalue weighted by Crippen LogP contribution is 2.32. The van der Waals surface area contributed by atoms with Gasteiger partial charge in [-0.1, -0.05) is 13.8 Å². The van der Waals surface area contributed by atoms with Gasteiger partial charge in [0.1, 0.15) is 11.6 Å². The minimum absolute atomic E-state index is 0.150. The van der Waals surface area contributed by atoms with E-state index in [-0.39, 0.29) is 18.3 Å². The Labute approximate surface area is 161 Å². The van der Waals surface area contributed by atoms with E-state index in [4.69, 9.17) is 4.74 Å². The van der Waals surface area contributed by atoms with Crippen molar-refractivity contribution in [3.8, 4) is 5.75 Å². The molecule has 150 valence electrons. The standard InChI is InChI=1S/C21H31FN2O3/c1-20(2)8-11-23(12-9-20)15-21(26)7-4-10-24(19(21)25)14-16-13-17(27-3)5-6-18(16)22/h5-6,13,26H,4,7-12,14-15H2,1-3H3. The molecule has 1 unspecified atom stereocenters. The number of hydrogen-bond acceptors (Lipinski definition) is 4. The molecule has 5 nitrogen and oxygen atoms in total. The number of ether oxygens (including phenoxy) is 1. The van der Waals surface area contributed by atoms with Gasteiger partial charge in [0.2, 0.25) is 0 Å². The summed E-state index contributed by atoms with van der Waals surface area (Å²) in [4.78, 5) is 16.8. The molecule has 0 saturated carbocycles. The maximum atomic E-state index is 14.2. The van der Waals surface area contributed by atoms with Gasteiger partial charge in [-0.05, 0) is 62.4 Å². The Morgan fingerprint density at radius 3 is 2.56 bits per heavy atom. The summed E-state index contributed by atoms with van der Waals surface area (Å²) in [7, 11) is 1.53. The van der Waals surface area contributed by atoms with E-state index in [9.17, 15) is 14.3 Å². The molecule has 1 N–H and O–H groups in total. The predicted molar refractivity (Wildman–Crippen MR) is 102 cm³/mol. The third-order valence-electron chi connectivity index (χ3n) is 6.01. The van der Waals surface area contributed by atoms with Crippen LogP contribution in [0.5, 0.6) is 5.75 Å². The molecule has 2 heterocycles. The Hall–Kier alpha value is -1.66. The monoisotopic (exact) mass is 378 g/mol. The lowest BCUT2D eigenvalue weighted by Gasteiger charge is -2.43. The zero-order chi connectivity index (χ0) is 19.7. The number of hydrogen-bond donors (Lipinski definition) is 1. The summed E-state index contributed by atoms with van der Waals surface area (Å²) in [6.45, 7) is 7.35. The maximum Gasteiger partial charge on any atom is 0.256 e. The Morgan fingerprint density at radius 1 is 1.19 bits per heavy atom. The van der Waals surface area contributed by atoms with Gasteiger partial charge in [0, 0.05) is 25.2 Å². The van der Waals surface area contributed by atoms with Crippen molar-refractivity contribution in [2.75, 3.05) is 33.3 Å². The Balaban J connectivity index is 1.68. The van der Waals surface area contributed by atoms with E-state index in [1.54, 1.807) is 17.0 Å².